The standard InChI is InChI=1S/C54H69B2NO2/c1-6-58-37-23-14-10-8-12-17-25-42-31-34-46(35-32-42)56-47-29-21-22-30-51(47)57-52-39-43(26-18-13-9-11-15-24-38-59-7-2)33-36-48(52)55(45-27-19-16-20-28-45)49-40-44(54(3,4)5)41-50(56)53(49)57/h16,19-22,27-36,39-41H,6-15,17-18,23-26,37-38H2,1-5H3. The van der Waals surface area contributed by atoms with Crippen LogP contribution < -0.4 is 37.7 Å². The summed E-state index contributed by atoms with van der Waals surface area (Å²) in [7, 11) is 0. The van der Waals surface area contributed by atoms with E-state index >= 15 is 0 Å². The van der Waals surface area contributed by atoms with Crippen molar-refractivity contribution >= 4 is 63.3 Å². The zero-order chi connectivity index (χ0) is 41.0. The molecule has 0 N–H and O–H groups in total. The average molecular weight is 786 g/mol. The molecule has 7 rings (SSSR count). The Labute approximate surface area is 358 Å². The van der Waals surface area contributed by atoms with E-state index in [9.17, 15) is 0 Å². The molecule has 5 aromatic carbocycles. The third-order valence-electron chi connectivity index (χ3n) is 12.9. The van der Waals surface area contributed by atoms with E-state index in [0.29, 0.717) is 0 Å². The summed E-state index contributed by atoms with van der Waals surface area (Å²) in [6, 6.07) is 42.9. The van der Waals surface area contributed by atoms with Crippen molar-refractivity contribution in [2.75, 3.05) is 31.3 Å². The number of unbranched alkanes of at least 4 members (excludes halogenated alkanes) is 10. The number of rotatable bonds is 22. The molecule has 0 amide bonds. The SMILES string of the molecule is CCOCCCCCCCCc1ccc(B2c3ccccc3N3c4cc(CCCCCCCCOCC)ccc4B(c4ccccc4)c4cc(C(C)(C)C)cc2c43)cc1. The highest BCUT2D eigenvalue weighted by molar-refractivity contribution is 7.02. The Morgan fingerprint density at radius 3 is 1.54 bits per heavy atom. The number of benzene rings is 5. The lowest BCUT2D eigenvalue weighted by Gasteiger charge is -2.45. The van der Waals surface area contributed by atoms with Gasteiger partial charge in [-0.25, -0.2) is 0 Å². The predicted octanol–water partition coefficient (Wildman–Crippen LogP) is 9.95. The van der Waals surface area contributed by atoms with Gasteiger partial charge in [-0.1, -0.05) is 180 Å². The van der Waals surface area contributed by atoms with Crippen LogP contribution in [0.1, 0.15) is 128 Å². The van der Waals surface area contributed by atoms with Gasteiger partial charge in [0.2, 0.25) is 13.4 Å². The van der Waals surface area contributed by atoms with Gasteiger partial charge in [0.25, 0.3) is 0 Å². The fourth-order valence-corrected chi connectivity index (χ4v) is 9.64. The summed E-state index contributed by atoms with van der Waals surface area (Å²) in [6.45, 7) is 15.1. The summed E-state index contributed by atoms with van der Waals surface area (Å²) in [5.74, 6) is 0. The lowest BCUT2D eigenvalue weighted by molar-refractivity contribution is 0.142. The fourth-order valence-electron chi connectivity index (χ4n) is 9.64. The smallest absolute Gasteiger partial charge is 0.246 e. The molecule has 0 radical (unpaired) electrons. The molecule has 5 aromatic rings. The van der Waals surface area contributed by atoms with Crippen LogP contribution in [-0.4, -0.2) is 39.9 Å². The van der Waals surface area contributed by atoms with Gasteiger partial charge in [-0.15, -0.1) is 0 Å². The minimum absolute atomic E-state index is 0.000323. The van der Waals surface area contributed by atoms with E-state index in [1.807, 2.05) is 0 Å². The van der Waals surface area contributed by atoms with E-state index in [2.05, 4.69) is 149 Å². The fraction of sp³-hybridized carbons (Fsp3) is 0.444. The van der Waals surface area contributed by atoms with Gasteiger partial charge < -0.3 is 14.4 Å². The first kappa shape index (κ1) is 43.1. The van der Waals surface area contributed by atoms with E-state index in [1.54, 1.807) is 0 Å². The predicted molar refractivity (Wildman–Crippen MR) is 258 cm³/mol. The van der Waals surface area contributed by atoms with Crippen molar-refractivity contribution in [2.45, 2.75) is 130 Å². The highest BCUT2D eigenvalue weighted by Crippen LogP contribution is 2.39. The topological polar surface area (TPSA) is 21.7 Å². The Morgan fingerprint density at radius 2 is 0.949 bits per heavy atom. The summed E-state index contributed by atoms with van der Waals surface area (Å²) in [5, 5.41) is 0. The van der Waals surface area contributed by atoms with E-state index in [1.165, 1.54) is 144 Å². The first-order valence-electron chi connectivity index (χ1n) is 23.4. The van der Waals surface area contributed by atoms with Gasteiger partial charge >= 0.3 is 0 Å². The lowest BCUT2D eigenvalue weighted by atomic mass is 9.30. The second-order valence-corrected chi connectivity index (χ2v) is 18.2. The van der Waals surface area contributed by atoms with Crippen molar-refractivity contribution in [3.05, 3.63) is 126 Å². The largest absolute Gasteiger partial charge is 0.382 e. The van der Waals surface area contributed by atoms with Crippen LogP contribution in [0.3, 0.4) is 0 Å². The second kappa shape index (κ2) is 21.0. The first-order valence-corrected chi connectivity index (χ1v) is 23.4. The molecule has 0 aliphatic carbocycles. The Morgan fingerprint density at radius 1 is 0.458 bits per heavy atom. The molecule has 0 saturated carbocycles. The van der Waals surface area contributed by atoms with Crippen LogP contribution in [0.4, 0.5) is 17.1 Å². The number of hydrogen-bond acceptors (Lipinski definition) is 3. The van der Waals surface area contributed by atoms with Crippen LogP contribution in [0.25, 0.3) is 0 Å². The molecule has 2 heterocycles. The van der Waals surface area contributed by atoms with Gasteiger partial charge in [-0.2, -0.15) is 0 Å². The van der Waals surface area contributed by atoms with E-state index < -0.39 is 0 Å². The molecule has 5 heteroatoms. The van der Waals surface area contributed by atoms with E-state index in [0.717, 1.165) is 39.3 Å². The van der Waals surface area contributed by atoms with Crippen molar-refractivity contribution < 1.29 is 9.47 Å². The maximum absolute atomic E-state index is 5.55. The number of para-hydroxylation sites is 1. The molecular weight excluding hydrogens is 716 g/mol. The van der Waals surface area contributed by atoms with Gasteiger partial charge in [-0.3, -0.25) is 0 Å². The van der Waals surface area contributed by atoms with Crippen LogP contribution in [0.2, 0.25) is 0 Å². The molecule has 0 saturated heterocycles. The van der Waals surface area contributed by atoms with Crippen molar-refractivity contribution in [1.29, 1.82) is 0 Å². The van der Waals surface area contributed by atoms with Gasteiger partial charge in [0, 0.05) is 43.5 Å². The van der Waals surface area contributed by atoms with Crippen LogP contribution >= 0.6 is 0 Å². The summed E-state index contributed by atoms with van der Waals surface area (Å²) in [6.07, 6.45) is 17.5. The maximum atomic E-state index is 5.55. The van der Waals surface area contributed by atoms with Crippen LogP contribution in [0.5, 0.6) is 0 Å². The van der Waals surface area contributed by atoms with Crippen molar-refractivity contribution in [3.8, 4) is 0 Å². The monoisotopic (exact) mass is 786 g/mol. The van der Waals surface area contributed by atoms with Crippen molar-refractivity contribution in [1.82, 2.24) is 0 Å². The number of anilines is 3. The minimum Gasteiger partial charge on any atom is -0.382 e. The zero-order valence-corrected chi connectivity index (χ0v) is 37.0. The summed E-state index contributed by atoms with van der Waals surface area (Å²) in [5.41, 5.74) is 16.8. The number of hydrogen-bond donors (Lipinski definition) is 0. The molecule has 0 bridgehead atoms. The number of aryl methyl sites for hydroxylation is 2. The Kier molecular flexibility index (Phi) is 15.3. The summed E-state index contributed by atoms with van der Waals surface area (Å²) < 4.78 is 11.1. The van der Waals surface area contributed by atoms with E-state index in [4.69, 9.17) is 9.47 Å². The number of fused-ring (bicyclic) bond motifs is 4. The van der Waals surface area contributed by atoms with Gasteiger partial charge in [-0.05, 0) is 108 Å². The van der Waals surface area contributed by atoms with Crippen LogP contribution in [0, 0.1) is 0 Å². The lowest BCUT2D eigenvalue weighted by Crippen LogP contribution is -2.65. The highest BCUT2D eigenvalue weighted by atomic mass is 16.5. The summed E-state index contributed by atoms with van der Waals surface area (Å²) in [4.78, 5) is 2.66. The number of ether oxygens (including phenoxy) is 2. The molecule has 0 fully saturated rings. The third kappa shape index (κ3) is 10.5. The Balaban J connectivity index is 1.21. The Hall–Kier alpha value is -4.05. The maximum Gasteiger partial charge on any atom is 0.246 e. The molecular formula is C54H69B2NO2. The molecule has 3 nitrogen and oxygen atoms in total. The molecule has 59 heavy (non-hydrogen) atoms. The van der Waals surface area contributed by atoms with Gasteiger partial charge in [0.15, 0.2) is 0 Å². The third-order valence-corrected chi connectivity index (χ3v) is 12.9. The van der Waals surface area contributed by atoms with Crippen molar-refractivity contribution in [2.24, 2.45) is 0 Å². The minimum atomic E-state index is -0.000323. The molecule has 0 atom stereocenters. The van der Waals surface area contributed by atoms with Gasteiger partial charge in [0.1, 0.15) is 0 Å². The number of nitrogens with zero attached hydrogens (tertiary/aromatic N) is 1. The first-order chi connectivity index (χ1) is 28.9. The molecule has 0 aromatic heterocycles. The molecule has 308 valence electrons. The molecule has 0 unspecified atom stereocenters. The second-order valence-electron chi connectivity index (χ2n) is 18.2. The zero-order valence-electron chi connectivity index (χ0n) is 37.0. The Bertz CT molecular complexity index is 2070. The van der Waals surface area contributed by atoms with E-state index in [-0.39, 0.29) is 18.8 Å². The highest BCUT2D eigenvalue weighted by Gasteiger charge is 2.44. The molecule has 2 aliphatic rings. The van der Waals surface area contributed by atoms with Crippen molar-refractivity contribution in [3.63, 3.8) is 0 Å². The van der Waals surface area contributed by atoms with Crippen LogP contribution in [-0.2, 0) is 27.7 Å². The quantitative estimate of drug-likeness (QED) is 0.0505. The molecule has 2 aliphatic heterocycles. The van der Waals surface area contributed by atoms with Crippen LogP contribution in [0.15, 0.2) is 109 Å². The van der Waals surface area contributed by atoms with Gasteiger partial charge in [0.05, 0.1) is 0 Å². The summed E-state index contributed by atoms with van der Waals surface area (Å²) >= 11 is 0. The molecule has 0 spiro atoms. The average Bonchev–Trinajstić information content (AvgIpc) is 3.25. The normalized spacial score (nSPS) is 13.1.